The van der Waals surface area contributed by atoms with E-state index in [0.717, 1.165) is 0 Å². The van der Waals surface area contributed by atoms with Gasteiger partial charge in [0.2, 0.25) is 11.8 Å². The van der Waals surface area contributed by atoms with Gasteiger partial charge in [0.1, 0.15) is 6.10 Å². The molecule has 0 radical (unpaired) electrons. The number of alkyl halides is 1. The summed E-state index contributed by atoms with van der Waals surface area (Å²) in [6.45, 7) is 5.18. The molecule has 0 saturated heterocycles. The maximum absolute atomic E-state index is 14.4. The van der Waals surface area contributed by atoms with Crippen molar-refractivity contribution in [3.8, 4) is 17.8 Å². The molecular formula is C13H21FN2O4. The highest BCUT2D eigenvalue weighted by Crippen LogP contribution is 2.24. The second kappa shape index (κ2) is 7.23. The molecular weight excluding hydrogens is 267 g/mol. The average molecular weight is 288 g/mol. The van der Waals surface area contributed by atoms with Crippen LogP contribution in [0.15, 0.2) is 6.07 Å². The number of hydrogen-bond acceptors (Lipinski definition) is 6. The molecule has 0 aliphatic carbocycles. The molecule has 0 aromatic carbocycles. The highest BCUT2D eigenvalue weighted by Gasteiger charge is 2.34. The van der Waals surface area contributed by atoms with Gasteiger partial charge in [0, 0.05) is 6.61 Å². The number of halogens is 1. The van der Waals surface area contributed by atoms with E-state index in [2.05, 4.69) is 9.97 Å². The average Bonchev–Trinajstić information content (AvgIpc) is 2.44. The van der Waals surface area contributed by atoms with Crippen molar-refractivity contribution in [1.82, 2.24) is 9.97 Å². The summed E-state index contributed by atoms with van der Waals surface area (Å²) in [6, 6.07) is 1.50. The summed E-state index contributed by atoms with van der Waals surface area (Å²) < 4.78 is 34.9. The van der Waals surface area contributed by atoms with Crippen LogP contribution in [-0.2, 0) is 4.74 Å². The molecule has 2 atom stereocenters. The third-order valence-corrected chi connectivity index (χ3v) is 2.80. The van der Waals surface area contributed by atoms with E-state index in [1.807, 2.05) is 0 Å². The van der Waals surface area contributed by atoms with Crippen molar-refractivity contribution >= 4 is 0 Å². The molecule has 0 aliphatic rings. The normalized spacial score (nSPS) is 15.3. The van der Waals surface area contributed by atoms with Crippen molar-refractivity contribution in [2.24, 2.45) is 0 Å². The van der Waals surface area contributed by atoms with Crippen molar-refractivity contribution in [3.63, 3.8) is 0 Å². The van der Waals surface area contributed by atoms with Crippen molar-refractivity contribution in [1.29, 1.82) is 0 Å². The van der Waals surface area contributed by atoms with Crippen LogP contribution in [0.1, 0.15) is 20.8 Å². The molecule has 0 bridgehead atoms. The van der Waals surface area contributed by atoms with E-state index in [1.54, 1.807) is 13.8 Å². The van der Waals surface area contributed by atoms with Crippen LogP contribution in [0.3, 0.4) is 0 Å². The Bertz CT molecular complexity index is 407. The van der Waals surface area contributed by atoms with E-state index in [0.29, 0.717) is 6.61 Å². The van der Waals surface area contributed by atoms with Gasteiger partial charge in [-0.15, -0.1) is 0 Å². The van der Waals surface area contributed by atoms with Gasteiger partial charge in [-0.3, -0.25) is 0 Å². The second-order valence-electron chi connectivity index (χ2n) is 4.41. The number of nitrogens with zero attached hydrogens (tertiary/aromatic N) is 2. The van der Waals surface area contributed by atoms with Crippen LogP contribution in [0, 0.1) is 0 Å². The van der Waals surface area contributed by atoms with Gasteiger partial charge in [-0.1, -0.05) is 0 Å². The minimum Gasteiger partial charge on any atom is -0.481 e. The molecule has 2 unspecified atom stereocenters. The molecule has 1 rings (SSSR count). The third kappa shape index (κ3) is 4.48. The summed E-state index contributed by atoms with van der Waals surface area (Å²) in [4.78, 5) is 7.98. The lowest BCUT2D eigenvalue weighted by molar-refractivity contribution is -0.0388. The maximum atomic E-state index is 14.4. The van der Waals surface area contributed by atoms with Crippen molar-refractivity contribution in [3.05, 3.63) is 6.07 Å². The van der Waals surface area contributed by atoms with Crippen LogP contribution in [0.2, 0.25) is 0 Å². The first kappa shape index (κ1) is 16.4. The van der Waals surface area contributed by atoms with E-state index in [1.165, 1.54) is 27.2 Å². The molecule has 114 valence electrons. The largest absolute Gasteiger partial charge is 0.481 e. The molecule has 1 heterocycles. The predicted octanol–water partition coefficient (Wildman–Crippen LogP) is 2.03. The molecule has 0 fully saturated rings. The number of ether oxygens (including phenoxy) is 4. The molecule has 0 saturated carbocycles. The molecule has 0 N–H and O–H groups in total. The quantitative estimate of drug-likeness (QED) is 0.729. The first-order valence-electron chi connectivity index (χ1n) is 6.33. The molecule has 20 heavy (non-hydrogen) atoms. The van der Waals surface area contributed by atoms with Gasteiger partial charge in [-0.25, -0.2) is 4.39 Å². The van der Waals surface area contributed by atoms with Crippen molar-refractivity contribution in [2.45, 2.75) is 32.5 Å². The Balaban J connectivity index is 2.81. The molecule has 0 aliphatic heterocycles. The lowest BCUT2D eigenvalue weighted by atomic mass is 10.0. The van der Waals surface area contributed by atoms with Crippen molar-refractivity contribution in [2.75, 3.05) is 27.4 Å². The summed E-state index contributed by atoms with van der Waals surface area (Å²) in [5.74, 6) is 0.564. The summed E-state index contributed by atoms with van der Waals surface area (Å²) in [5, 5.41) is 0. The standard InChI is InChI=1S/C13H21FN2O4/c1-6-19-8-13(3,14)9(2)20-12-15-10(17-4)7-11(16-12)18-5/h7,9H,6,8H2,1-5H3. The Labute approximate surface area is 118 Å². The van der Waals surface area contributed by atoms with E-state index < -0.39 is 11.8 Å². The Morgan fingerprint density at radius 2 is 1.80 bits per heavy atom. The van der Waals surface area contributed by atoms with Crippen LogP contribution >= 0.6 is 0 Å². The van der Waals surface area contributed by atoms with Crippen LogP contribution in [0.25, 0.3) is 0 Å². The fourth-order valence-corrected chi connectivity index (χ4v) is 1.35. The zero-order chi connectivity index (χ0) is 15.2. The Morgan fingerprint density at radius 1 is 1.25 bits per heavy atom. The highest BCUT2D eigenvalue weighted by molar-refractivity contribution is 5.23. The maximum Gasteiger partial charge on any atom is 0.323 e. The van der Waals surface area contributed by atoms with Crippen LogP contribution in [-0.4, -0.2) is 49.2 Å². The SMILES string of the molecule is CCOCC(C)(F)C(C)Oc1nc(OC)cc(OC)n1. The van der Waals surface area contributed by atoms with Crippen molar-refractivity contribution < 1.29 is 23.3 Å². The zero-order valence-corrected chi connectivity index (χ0v) is 12.5. The molecule has 7 heteroatoms. The minimum atomic E-state index is -1.66. The topological polar surface area (TPSA) is 62.7 Å². The van der Waals surface area contributed by atoms with Gasteiger partial charge < -0.3 is 18.9 Å². The monoisotopic (exact) mass is 288 g/mol. The van der Waals surface area contributed by atoms with Gasteiger partial charge in [0.05, 0.1) is 26.9 Å². The van der Waals surface area contributed by atoms with Crippen LogP contribution < -0.4 is 14.2 Å². The second-order valence-corrected chi connectivity index (χ2v) is 4.41. The van der Waals surface area contributed by atoms with E-state index in [-0.39, 0.29) is 24.4 Å². The number of rotatable bonds is 8. The van der Waals surface area contributed by atoms with Gasteiger partial charge >= 0.3 is 6.01 Å². The Hall–Kier alpha value is -1.63. The molecule has 1 aromatic rings. The first-order valence-corrected chi connectivity index (χ1v) is 6.33. The summed E-state index contributed by atoms with van der Waals surface area (Å²) >= 11 is 0. The van der Waals surface area contributed by atoms with Gasteiger partial charge in [-0.05, 0) is 20.8 Å². The molecule has 0 spiro atoms. The lowest BCUT2D eigenvalue weighted by Gasteiger charge is -2.27. The molecule has 1 aromatic heterocycles. The van der Waals surface area contributed by atoms with Crippen LogP contribution in [0.4, 0.5) is 4.39 Å². The number of methoxy groups -OCH3 is 2. The summed E-state index contributed by atoms with van der Waals surface area (Å²) in [5.41, 5.74) is -1.66. The van der Waals surface area contributed by atoms with E-state index in [9.17, 15) is 4.39 Å². The lowest BCUT2D eigenvalue weighted by Crippen LogP contribution is -2.41. The molecule has 0 amide bonds. The molecule has 6 nitrogen and oxygen atoms in total. The van der Waals surface area contributed by atoms with E-state index >= 15 is 0 Å². The number of hydrogen-bond donors (Lipinski definition) is 0. The summed E-state index contributed by atoms with van der Waals surface area (Å²) in [7, 11) is 2.92. The minimum absolute atomic E-state index is 0.00549. The van der Waals surface area contributed by atoms with Crippen LogP contribution in [0.5, 0.6) is 17.8 Å². The summed E-state index contributed by atoms with van der Waals surface area (Å²) in [6.07, 6.45) is -0.786. The highest BCUT2D eigenvalue weighted by atomic mass is 19.1. The number of aromatic nitrogens is 2. The third-order valence-electron chi connectivity index (χ3n) is 2.80. The Morgan fingerprint density at radius 3 is 2.25 bits per heavy atom. The van der Waals surface area contributed by atoms with Gasteiger partial charge in [0.25, 0.3) is 0 Å². The predicted molar refractivity (Wildman–Crippen MR) is 71.2 cm³/mol. The van der Waals surface area contributed by atoms with Gasteiger partial charge in [-0.2, -0.15) is 9.97 Å². The fraction of sp³-hybridized carbons (Fsp3) is 0.692. The zero-order valence-electron chi connectivity index (χ0n) is 12.5. The van der Waals surface area contributed by atoms with E-state index in [4.69, 9.17) is 18.9 Å². The Kier molecular flexibility index (Phi) is 5.94. The first-order chi connectivity index (χ1) is 9.42. The fourth-order valence-electron chi connectivity index (χ4n) is 1.35. The smallest absolute Gasteiger partial charge is 0.323 e. The van der Waals surface area contributed by atoms with Gasteiger partial charge in [0.15, 0.2) is 5.67 Å².